The smallest absolute Gasteiger partial charge is 0.433 e. The Hall–Kier alpha value is -3.70. The third kappa shape index (κ3) is 3.49. The van der Waals surface area contributed by atoms with Crippen molar-refractivity contribution >= 4 is 22.9 Å². The van der Waals surface area contributed by atoms with Gasteiger partial charge in [0.2, 0.25) is 0 Å². The lowest BCUT2D eigenvalue weighted by Crippen LogP contribution is -2.15. The summed E-state index contributed by atoms with van der Waals surface area (Å²) in [6, 6.07) is 4.81. The maximum absolute atomic E-state index is 13.1. The van der Waals surface area contributed by atoms with Crippen LogP contribution in [0.4, 0.5) is 24.5 Å². The molecule has 0 fully saturated rings. The van der Waals surface area contributed by atoms with E-state index in [0.29, 0.717) is 4.52 Å². The van der Waals surface area contributed by atoms with E-state index in [4.69, 9.17) is 0 Å². The van der Waals surface area contributed by atoms with Gasteiger partial charge >= 0.3 is 6.18 Å². The van der Waals surface area contributed by atoms with Crippen LogP contribution < -0.4 is 5.32 Å². The third-order valence-corrected chi connectivity index (χ3v) is 3.52. The van der Waals surface area contributed by atoms with Gasteiger partial charge in [-0.15, -0.1) is 0 Å². The lowest BCUT2D eigenvalue weighted by atomic mass is 10.2. The molecular weight excluding hydrogens is 371 g/mol. The number of rotatable bonds is 3. The number of carbonyl (C=O) groups excluding carboxylic acids is 1. The number of halogens is 3. The molecular formula is C15H10F3N5O4. The van der Waals surface area contributed by atoms with Crippen molar-refractivity contribution in [2.45, 2.75) is 13.1 Å². The number of phenols is 1. The van der Waals surface area contributed by atoms with Crippen LogP contribution in [0, 0.1) is 17.0 Å². The topological polar surface area (TPSA) is 123 Å². The highest BCUT2D eigenvalue weighted by Crippen LogP contribution is 2.31. The zero-order valence-electron chi connectivity index (χ0n) is 13.5. The quantitative estimate of drug-likeness (QED) is 0.409. The summed E-state index contributed by atoms with van der Waals surface area (Å²) in [6.45, 7) is 1.37. The number of fused-ring (bicyclic) bond motifs is 1. The molecule has 2 N–H and O–H groups in total. The molecule has 12 heteroatoms. The highest BCUT2D eigenvalue weighted by atomic mass is 19.4. The number of amides is 1. The van der Waals surface area contributed by atoms with Crippen LogP contribution in [0.15, 0.2) is 30.3 Å². The molecule has 27 heavy (non-hydrogen) atoms. The Bertz CT molecular complexity index is 1080. The van der Waals surface area contributed by atoms with Gasteiger partial charge in [-0.3, -0.25) is 14.9 Å². The first-order valence-electron chi connectivity index (χ1n) is 7.29. The fourth-order valence-electron chi connectivity index (χ4n) is 2.34. The summed E-state index contributed by atoms with van der Waals surface area (Å²) in [5, 5.41) is 26.3. The number of benzene rings is 1. The monoisotopic (exact) mass is 381 g/mol. The summed E-state index contributed by atoms with van der Waals surface area (Å²) in [4.78, 5) is 26.1. The number of nitro benzene ring substituents is 1. The minimum absolute atomic E-state index is 0.0923. The van der Waals surface area contributed by atoms with Gasteiger partial charge in [-0.05, 0) is 19.1 Å². The van der Waals surface area contributed by atoms with E-state index in [1.165, 1.54) is 6.92 Å². The Labute approximate surface area is 148 Å². The van der Waals surface area contributed by atoms with Gasteiger partial charge in [0.15, 0.2) is 11.3 Å². The zero-order chi connectivity index (χ0) is 19.9. The van der Waals surface area contributed by atoms with Gasteiger partial charge in [-0.25, -0.2) is 9.50 Å². The molecule has 0 aliphatic carbocycles. The van der Waals surface area contributed by atoms with E-state index in [-0.39, 0.29) is 22.7 Å². The van der Waals surface area contributed by atoms with Crippen molar-refractivity contribution < 1.29 is 28.0 Å². The summed E-state index contributed by atoms with van der Waals surface area (Å²) in [7, 11) is 0. The summed E-state index contributed by atoms with van der Waals surface area (Å²) in [5.41, 5.74) is -2.12. The van der Waals surface area contributed by atoms with E-state index in [0.717, 1.165) is 30.3 Å². The number of hydrogen-bond donors (Lipinski definition) is 2. The van der Waals surface area contributed by atoms with Crippen molar-refractivity contribution in [1.29, 1.82) is 0 Å². The number of nitrogens with one attached hydrogen (secondary N) is 1. The Balaban J connectivity index is 1.96. The number of non-ortho nitro benzene ring substituents is 1. The van der Waals surface area contributed by atoms with Crippen LogP contribution in [-0.2, 0) is 6.18 Å². The van der Waals surface area contributed by atoms with Crippen LogP contribution in [0.5, 0.6) is 5.75 Å². The molecule has 0 spiro atoms. The molecule has 0 saturated heterocycles. The Morgan fingerprint density at radius 2 is 2.00 bits per heavy atom. The number of alkyl halides is 3. The van der Waals surface area contributed by atoms with Crippen LogP contribution in [0.1, 0.15) is 21.9 Å². The van der Waals surface area contributed by atoms with Crippen molar-refractivity contribution in [3.63, 3.8) is 0 Å². The number of aryl methyl sites for hydroxylation is 1. The molecule has 9 nitrogen and oxygen atoms in total. The third-order valence-electron chi connectivity index (χ3n) is 3.52. The second-order valence-corrected chi connectivity index (χ2v) is 5.49. The van der Waals surface area contributed by atoms with Crippen LogP contribution in [-0.4, -0.2) is 30.5 Å². The van der Waals surface area contributed by atoms with E-state index in [2.05, 4.69) is 15.4 Å². The van der Waals surface area contributed by atoms with Crippen LogP contribution in [0.2, 0.25) is 0 Å². The number of hydrogen-bond acceptors (Lipinski definition) is 6. The molecule has 0 radical (unpaired) electrons. The van der Waals surface area contributed by atoms with Crippen molar-refractivity contribution in [3.05, 3.63) is 57.5 Å². The van der Waals surface area contributed by atoms with Crippen molar-refractivity contribution in [3.8, 4) is 5.75 Å². The molecule has 2 heterocycles. The largest absolute Gasteiger partial charge is 0.506 e. The first-order valence-corrected chi connectivity index (χ1v) is 7.29. The minimum Gasteiger partial charge on any atom is -0.506 e. The normalized spacial score (nSPS) is 11.6. The summed E-state index contributed by atoms with van der Waals surface area (Å²) < 4.78 is 39.9. The van der Waals surface area contributed by atoms with Gasteiger partial charge in [0.1, 0.15) is 11.4 Å². The highest BCUT2D eigenvalue weighted by Gasteiger charge is 2.35. The number of phenolic OH excluding ortho intramolecular Hbond substituents is 1. The first-order chi connectivity index (χ1) is 12.6. The zero-order valence-corrected chi connectivity index (χ0v) is 13.5. The maximum atomic E-state index is 13.1. The molecule has 0 atom stereocenters. The van der Waals surface area contributed by atoms with Gasteiger partial charge in [0.25, 0.3) is 11.6 Å². The lowest BCUT2D eigenvalue weighted by molar-refractivity contribution is -0.384. The number of anilines is 1. The molecule has 3 rings (SSSR count). The molecule has 0 aliphatic heterocycles. The first kappa shape index (κ1) is 18.1. The molecule has 0 saturated carbocycles. The Morgan fingerprint density at radius 3 is 2.59 bits per heavy atom. The molecule has 0 unspecified atom stereocenters. The molecule has 0 aliphatic rings. The Kier molecular flexibility index (Phi) is 4.18. The van der Waals surface area contributed by atoms with Gasteiger partial charge in [0, 0.05) is 17.8 Å². The average Bonchev–Trinajstić information content (AvgIpc) is 2.98. The van der Waals surface area contributed by atoms with Crippen molar-refractivity contribution in [1.82, 2.24) is 14.6 Å². The van der Waals surface area contributed by atoms with E-state index < -0.39 is 34.1 Å². The summed E-state index contributed by atoms with van der Waals surface area (Å²) in [5.74, 6) is -1.50. The average molecular weight is 381 g/mol. The number of aromatic hydroxyl groups is 1. The molecule has 1 aromatic carbocycles. The molecule has 140 valence electrons. The van der Waals surface area contributed by atoms with Gasteiger partial charge < -0.3 is 10.4 Å². The minimum atomic E-state index is -4.71. The Morgan fingerprint density at radius 1 is 1.30 bits per heavy atom. The van der Waals surface area contributed by atoms with E-state index in [1.807, 2.05) is 0 Å². The van der Waals surface area contributed by atoms with Crippen molar-refractivity contribution in [2.75, 3.05) is 5.32 Å². The predicted octanol–water partition coefficient (Wildman–Crippen LogP) is 2.92. The fourth-order valence-corrected chi connectivity index (χ4v) is 2.34. The van der Waals surface area contributed by atoms with Gasteiger partial charge in [-0.2, -0.15) is 18.3 Å². The standard InChI is InChI=1S/C15H10F3N5O4/c1-7-4-12(15(16,17)18)22-13(19-7)6-10(21-22)14(25)20-9-3-2-8(23(26)27)5-11(9)24/h2-6,24H,1H3,(H,20,25). The molecule has 3 aromatic rings. The SMILES string of the molecule is Cc1cc(C(F)(F)F)n2nc(C(=O)Nc3ccc([N+](=O)[O-])cc3O)cc2n1. The fraction of sp³-hybridized carbons (Fsp3) is 0.133. The van der Waals surface area contributed by atoms with E-state index in [1.54, 1.807) is 0 Å². The second-order valence-electron chi connectivity index (χ2n) is 5.49. The number of nitrogens with zero attached hydrogens (tertiary/aromatic N) is 4. The van der Waals surface area contributed by atoms with Crippen LogP contribution in [0.3, 0.4) is 0 Å². The van der Waals surface area contributed by atoms with Gasteiger partial charge in [-0.1, -0.05) is 0 Å². The molecule has 1 amide bonds. The molecule has 0 bridgehead atoms. The van der Waals surface area contributed by atoms with E-state index >= 15 is 0 Å². The number of aromatic nitrogens is 3. The van der Waals surface area contributed by atoms with E-state index in [9.17, 15) is 33.2 Å². The number of carbonyl (C=O) groups is 1. The molecule has 2 aromatic heterocycles. The lowest BCUT2D eigenvalue weighted by Gasteiger charge is -2.09. The van der Waals surface area contributed by atoms with Crippen LogP contribution >= 0.6 is 0 Å². The predicted molar refractivity (Wildman–Crippen MR) is 85.4 cm³/mol. The second kappa shape index (κ2) is 6.23. The van der Waals surface area contributed by atoms with Gasteiger partial charge in [0.05, 0.1) is 16.7 Å². The number of nitro groups is 1. The van der Waals surface area contributed by atoms with Crippen molar-refractivity contribution in [2.24, 2.45) is 0 Å². The highest BCUT2D eigenvalue weighted by molar-refractivity contribution is 6.04. The maximum Gasteiger partial charge on any atom is 0.433 e. The summed E-state index contributed by atoms with van der Waals surface area (Å²) >= 11 is 0. The van der Waals surface area contributed by atoms with Crippen LogP contribution in [0.25, 0.3) is 5.65 Å². The summed E-state index contributed by atoms with van der Waals surface area (Å²) in [6.07, 6.45) is -4.71.